The van der Waals surface area contributed by atoms with E-state index >= 15 is 0 Å². The molecular formula is H11MnNSi2. The van der Waals surface area contributed by atoms with Crippen molar-refractivity contribution < 1.29 is 17.1 Å². The molecule has 31 valence electrons. The molecule has 0 aliphatic heterocycles. The van der Waals surface area contributed by atoms with E-state index in [1.54, 1.807) is 0 Å². The molecule has 0 aliphatic carbocycles. The molecule has 0 saturated heterocycles. The van der Waals surface area contributed by atoms with Gasteiger partial charge in [-0.05, 0) is 21.9 Å². The molecule has 4 heteroatoms. The molecule has 0 unspecified atom stereocenters. The molecule has 0 aromatic rings. The molecule has 0 rings (SSSR count). The van der Waals surface area contributed by atoms with Crippen molar-refractivity contribution in [2.75, 3.05) is 0 Å². The Morgan fingerprint density at radius 3 is 0.750 bits per heavy atom. The van der Waals surface area contributed by atoms with Crippen LogP contribution in [0.25, 0.3) is 0 Å². The Balaban J connectivity index is 0. The molecule has 0 spiro atoms. The van der Waals surface area contributed by atoms with Gasteiger partial charge >= 0.3 is 0 Å². The molecule has 0 aliphatic rings. The molecule has 0 saturated carbocycles. The van der Waals surface area contributed by atoms with Gasteiger partial charge < -0.3 is 6.15 Å². The van der Waals surface area contributed by atoms with Crippen LogP contribution in [0.2, 0.25) is 0 Å². The van der Waals surface area contributed by atoms with Gasteiger partial charge in [0.2, 0.25) is 0 Å². The number of hydrogen-bond acceptors (Lipinski definition) is 1. The van der Waals surface area contributed by atoms with E-state index in [1.807, 2.05) is 0 Å². The minimum atomic E-state index is 0. The molecule has 1 nitrogen and oxygen atoms in total. The molecule has 0 aromatic carbocycles. The van der Waals surface area contributed by atoms with Gasteiger partial charge in [0.15, 0.2) is 0 Å². The molecule has 3 N–H and O–H groups in total. The van der Waals surface area contributed by atoms with Crippen LogP contribution in [0.5, 0.6) is 0 Å². The summed E-state index contributed by atoms with van der Waals surface area (Å²) in [7, 11) is 0. The summed E-state index contributed by atoms with van der Waals surface area (Å²) >= 11 is 0. The van der Waals surface area contributed by atoms with Gasteiger partial charge in [0.1, 0.15) is 0 Å². The Hall–Kier alpha value is 0.913. The summed E-state index contributed by atoms with van der Waals surface area (Å²) < 4.78 is 0. The van der Waals surface area contributed by atoms with Crippen LogP contribution in [0.1, 0.15) is 0 Å². The van der Waals surface area contributed by atoms with Crippen LogP contribution in [-0.2, 0) is 17.1 Å². The van der Waals surface area contributed by atoms with Gasteiger partial charge in [0.05, 0.1) is 0 Å². The van der Waals surface area contributed by atoms with Crippen molar-refractivity contribution in [3.8, 4) is 0 Å². The van der Waals surface area contributed by atoms with Crippen molar-refractivity contribution in [3.05, 3.63) is 0 Å². The molecule has 0 amide bonds. The third-order valence-electron chi connectivity index (χ3n) is 0. The largest absolute Gasteiger partial charge is 0.344 e. The summed E-state index contributed by atoms with van der Waals surface area (Å²) in [6.45, 7) is 0. The molecule has 0 aromatic heterocycles. The Morgan fingerprint density at radius 1 is 0.750 bits per heavy atom. The molecule has 0 bridgehead atoms. The Bertz CT molecular complexity index is 6.00. The van der Waals surface area contributed by atoms with Crippen molar-refractivity contribution in [1.29, 1.82) is 0 Å². The number of hydrogen-bond donors (Lipinski definition) is 1. The average Bonchev–Trinajstić information content (AvgIpc) is 0. The van der Waals surface area contributed by atoms with Crippen LogP contribution in [0.3, 0.4) is 0 Å². The topological polar surface area (TPSA) is 35.0 Å². The SMILES string of the molecule is N.[Mn].[SiH4].[SiH4]. The van der Waals surface area contributed by atoms with E-state index in [0.717, 1.165) is 0 Å². The van der Waals surface area contributed by atoms with Crippen molar-refractivity contribution in [3.63, 3.8) is 0 Å². The summed E-state index contributed by atoms with van der Waals surface area (Å²) in [5.41, 5.74) is 0. The molecule has 0 atom stereocenters. The van der Waals surface area contributed by atoms with Crippen LogP contribution in [-0.4, -0.2) is 21.9 Å². The maximum atomic E-state index is 0. The zero-order chi connectivity index (χ0) is 0. The second kappa shape index (κ2) is 39.8. The fourth-order valence-corrected chi connectivity index (χ4v) is 0. The van der Waals surface area contributed by atoms with Crippen LogP contribution < -0.4 is 6.15 Å². The van der Waals surface area contributed by atoms with E-state index in [1.165, 1.54) is 0 Å². The first kappa shape index (κ1) is 90.2. The van der Waals surface area contributed by atoms with E-state index < -0.39 is 0 Å². The maximum Gasteiger partial charge on any atom is 0 e. The van der Waals surface area contributed by atoms with E-state index in [-0.39, 0.29) is 45.1 Å². The minimum Gasteiger partial charge on any atom is -0.344 e. The van der Waals surface area contributed by atoms with Crippen molar-refractivity contribution >= 4 is 21.9 Å². The van der Waals surface area contributed by atoms with E-state index in [9.17, 15) is 0 Å². The van der Waals surface area contributed by atoms with E-state index in [0.29, 0.717) is 0 Å². The van der Waals surface area contributed by atoms with Crippen LogP contribution >= 0.6 is 0 Å². The summed E-state index contributed by atoms with van der Waals surface area (Å²) in [5, 5.41) is 0. The second-order valence-electron chi connectivity index (χ2n) is 0. The van der Waals surface area contributed by atoms with Gasteiger partial charge in [-0.25, -0.2) is 0 Å². The summed E-state index contributed by atoms with van der Waals surface area (Å²) in [6, 6.07) is 0. The standard InChI is InChI=1S/Mn.H3N.2H4Si/h;1H3;2*1H4. The van der Waals surface area contributed by atoms with Crippen molar-refractivity contribution in [2.24, 2.45) is 0 Å². The molecule has 0 heterocycles. The summed E-state index contributed by atoms with van der Waals surface area (Å²) in [5.74, 6) is 0. The first-order chi connectivity index (χ1) is 0. The fraction of sp³-hybridized carbons (Fsp3) is 0. The smallest absolute Gasteiger partial charge is 0 e. The average molecular weight is 136 g/mol. The first-order valence-electron chi connectivity index (χ1n) is 0. The quantitative estimate of drug-likeness (QED) is 0.360. The second-order valence-corrected chi connectivity index (χ2v) is 0. The van der Waals surface area contributed by atoms with Crippen molar-refractivity contribution in [1.82, 2.24) is 6.15 Å². The molecule has 0 fully saturated rings. The summed E-state index contributed by atoms with van der Waals surface area (Å²) in [4.78, 5) is 0. The third kappa shape index (κ3) is 12.8. The Kier molecular flexibility index (Phi) is 898. The van der Waals surface area contributed by atoms with Gasteiger partial charge in [0.25, 0.3) is 0 Å². The Morgan fingerprint density at radius 2 is 0.750 bits per heavy atom. The van der Waals surface area contributed by atoms with Crippen LogP contribution in [0.15, 0.2) is 0 Å². The zero-order valence-corrected chi connectivity index (χ0v) is 2.27. The maximum absolute atomic E-state index is 0. The first-order valence-corrected chi connectivity index (χ1v) is 0. The summed E-state index contributed by atoms with van der Waals surface area (Å²) in [6.07, 6.45) is 0. The van der Waals surface area contributed by atoms with Gasteiger partial charge in [0, 0.05) is 17.1 Å². The van der Waals surface area contributed by atoms with Gasteiger partial charge in [-0.15, -0.1) is 0 Å². The molecule has 1 radical (unpaired) electrons. The predicted octanol–water partition coefficient (Wildman–Crippen LogP) is -2.74. The third-order valence-corrected chi connectivity index (χ3v) is 0. The van der Waals surface area contributed by atoms with Gasteiger partial charge in [-0.1, -0.05) is 0 Å². The zero-order valence-electron chi connectivity index (χ0n) is 1.09. The minimum absolute atomic E-state index is 0. The van der Waals surface area contributed by atoms with E-state index in [4.69, 9.17) is 0 Å². The van der Waals surface area contributed by atoms with Crippen LogP contribution in [0.4, 0.5) is 0 Å². The predicted molar refractivity (Wildman–Crippen MR) is 27.7 cm³/mol. The van der Waals surface area contributed by atoms with E-state index in [2.05, 4.69) is 0 Å². The molecular weight excluding hydrogens is 125 g/mol. The normalized spacial score (nSPS) is 0. The fourth-order valence-electron chi connectivity index (χ4n) is 0. The van der Waals surface area contributed by atoms with Gasteiger partial charge in [-0.3, -0.25) is 0 Å². The number of rotatable bonds is 0. The van der Waals surface area contributed by atoms with Crippen LogP contribution in [0, 0.1) is 0 Å². The van der Waals surface area contributed by atoms with Gasteiger partial charge in [-0.2, -0.15) is 0 Å². The monoisotopic (exact) mass is 136 g/mol. The molecule has 4 heavy (non-hydrogen) atoms. The Labute approximate surface area is 45.6 Å². The van der Waals surface area contributed by atoms with Crippen molar-refractivity contribution in [2.45, 2.75) is 0 Å².